The Hall–Kier alpha value is -1.51. The van der Waals surface area contributed by atoms with Crippen molar-refractivity contribution in [3.63, 3.8) is 0 Å². The van der Waals surface area contributed by atoms with Crippen molar-refractivity contribution in [1.82, 2.24) is 0 Å². The Morgan fingerprint density at radius 3 is 2.56 bits per heavy atom. The standard InChI is InChI=1S/C27H41O4P/c1-6-7-8-11-21-17-25(28)27(24-16-20(4)14-15-23(24)19(2)3)26(18-21)31-32(29,30-5)22-12-9-10-13-22/h16-18,22-24,28H,2,6-15H2,1,3-5H3. The largest absolute Gasteiger partial charge is 0.507 e. The summed E-state index contributed by atoms with van der Waals surface area (Å²) in [6.07, 6.45) is 12.3. The molecular formula is C27H41O4P. The molecule has 1 aromatic carbocycles. The van der Waals surface area contributed by atoms with Gasteiger partial charge in [0.05, 0.1) is 5.66 Å². The average Bonchev–Trinajstić information content (AvgIpc) is 3.29. The fraction of sp³-hybridized carbons (Fsp3) is 0.630. The van der Waals surface area contributed by atoms with E-state index in [2.05, 4.69) is 33.4 Å². The Morgan fingerprint density at radius 2 is 1.94 bits per heavy atom. The van der Waals surface area contributed by atoms with Crippen LogP contribution in [-0.4, -0.2) is 17.9 Å². The van der Waals surface area contributed by atoms with Gasteiger partial charge in [0.2, 0.25) is 0 Å². The number of phenols is 1. The Labute approximate surface area is 194 Å². The number of rotatable bonds is 10. The van der Waals surface area contributed by atoms with Crippen LogP contribution in [0.2, 0.25) is 0 Å². The number of hydrogen-bond donors (Lipinski definition) is 1. The van der Waals surface area contributed by atoms with Crippen LogP contribution in [0.3, 0.4) is 0 Å². The minimum absolute atomic E-state index is 0.0465. The molecule has 4 nitrogen and oxygen atoms in total. The number of phenolic OH excluding ortho intramolecular Hbond substituents is 1. The first kappa shape index (κ1) is 25.1. The first-order valence-electron chi connectivity index (χ1n) is 12.3. The minimum atomic E-state index is -3.33. The summed E-state index contributed by atoms with van der Waals surface area (Å²) in [6, 6.07) is 3.87. The van der Waals surface area contributed by atoms with Crippen LogP contribution in [0, 0.1) is 5.92 Å². The number of allylic oxidation sites excluding steroid dienone is 3. The zero-order valence-electron chi connectivity index (χ0n) is 20.4. The molecule has 1 saturated carbocycles. The number of hydrogen-bond acceptors (Lipinski definition) is 4. The van der Waals surface area contributed by atoms with Gasteiger partial charge in [-0.15, -0.1) is 0 Å². The zero-order valence-corrected chi connectivity index (χ0v) is 21.3. The highest BCUT2D eigenvalue weighted by Crippen LogP contribution is 2.59. The zero-order chi connectivity index (χ0) is 23.3. The summed E-state index contributed by atoms with van der Waals surface area (Å²) in [6.45, 7) is 10.6. The van der Waals surface area contributed by atoms with Crippen LogP contribution in [-0.2, 0) is 15.5 Å². The summed E-state index contributed by atoms with van der Waals surface area (Å²) in [4.78, 5) is 0. The molecule has 2 aliphatic rings. The predicted molar refractivity (Wildman–Crippen MR) is 133 cm³/mol. The molecule has 5 heteroatoms. The van der Waals surface area contributed by atoms with Crippen molar-refractivity contribution in [3.05, 3.63) is 47.1 Å². The summed E-state index contributed by atoms with van der Waals surface area (Å²) in [5.74, 6) is 0.919. The number of aromatic hydroxyl groups is 1. The third kappa shape index (κ3) is 5.69. The maximum Gasteiger partial charge on any atom is 0.381 e. The Balaban J connectivity index is 2.07. The monoisotopic (exact) mass is 460 g/mol. The third-order valence-electron chi connectivity index (χ3n) is 7.21. The van der Waals surface area contributed by atoms with E-state index in [1.165, 1.54) is 12.7 Å². The fourth-order valence-corrected chi connectivity index (χ4v) is 7.27. The van der Waals surface area contributed by atoms with Crippen molar-refractivity contribution in [3.8, 4) is 11.5 Å². The molecule has 0 bridgehead atoms. The van der Waals surface area contributed by atoms with Gasteiger partial charge in [-0.25, -0.2) is 4.57 Å². The molecule has 0 aliphatic heterocycles. The van der Waals surface area contributed by atoms with Crippen LogP contribution in [0.25, 0.3) is 0 Å². The second-order valence-electron chi connectivity index (χ2n) is 9.77. The molecular weight excluding hydrogens is 419 g/mol. The van der Waals surface area contributed by atoms with Crippen LogP contribution in [0.4, 0.5) is 0 Å². The summed E-state index contributed by atoms with van der Waals surface area (Å²) >= 11 is 0. The molecule has 0 amide bonds. The van der Waals surface area contributed by atoms with Gasteiger partial charge in [-0.05, 0) is 76.0 Å². The van der Waals surface area contributed by atoms with Gasteiger partial charge in [0.15, 0.2) is 0 Å². The Bertz CT molecular complexity index is 882. The lowest BCUT2D eigenvalue weighted by Crippen LogP contribution is -2.19. The molecule has 1 aromatic rings. The summed E-state index contributed by atoms with van der Waals surface area (Å²) in [7, 11) is -1.84. The molecule has 3 unspecified atom stereocenters. The summed E-state index contributed by atoms with van der Waals surface area (Å²) in [5, 5.41) is 11.2. The fourth-order valence-electron chi connectivity index (χ4n) is 5.33. The van der Waals surface area contributed by atoms with Crippen molar-refractivity contribution >= 4 is 7.60 Å². The van der Waals surface area contributed by atoms with E-state index >= 15 is 0 Å². The van der Waals surface area contributed by atoms with E-state index in [1.807, 2.05) is 12.1 Å². The first-order chi connectivity index (χ1) is 15.3. The number of benzene rings is 1. The van der Waals surface area contributed by atoms with Crippen LogP contribution < -0.4 is 4.52 Å². The molecule has 2 aliphatic carbocycles. The number of unbranched alkanes of at least 4 members (excludes halogenated alkanes) is 2. The summed E-state index contributed by atoms with van der Waals surface area (Å²) < 4.78 is 25.7. The van der Waals surface area contributed by atoms with Crippen molar-refractivity contribution in [1.29, 1.82) is 0 Å². The van der Waals surface area contributed by atoms with Gasteiger partial charge in [0.25, 0.3) is 0 Å². The van der Waals surface area contributed by atoms with Crippen LogP contribution in [0.5, 0.6) is 11.5 Å². The van der Waals surface area contributed by atoms with Gasteiger partial charge >= 0.3 is 7.60 Å². The highest BCUT2D eigenvalue weighted by molar-refractivity contribution is 7.55. The Kier molecular flexibility index (Phi) is 8.69. The molecule has 0 aromatic heterocycles. The molecule has 32 heavy (non-hydrogen) atoms. The highest BCUT2D eigenvalue weighted by atomic mass is 31.2. The highest BCUT2D eigenvalue weighted by Gasteiger charge is 2.40. The smallest absolute Gasteiger partial charge is 0.381 e. The lowest BCUT2D eigenvalue weighted by molar-refractivity contribution is 0.307. The van der Waals surface area contributed by atoms with Crippen LogP contribution >= 0.6 is 7.60 Å². The molecule has 1 fully saturated rings. The second kappa shape index (κ2) is 11.1. The Morgan fingerprint density at radius 1 is 1.22 bits per heavy atom. The van der Waals surface area contributed by atoms with Crippen LogP contribution in [0.1, 0.15) is 95.6 Å². The lowest BCUT2D eigenvalue weighted by atomic mass is 9.73. The topological polar surface area (TPSA) is 55.8 Å². The predicted octanol–water partition coefficient (Wildman–Crippen LogP) is 8.30. The molecule has 3 atom stereocenters. The van der Waals surface area contributed by atoms with Crippen molar-refractivity contribution < 1.29 is 18.7 Å². The van der Waals surface area contributed by atoms with Gasteiger partial charge in [0, 0.05) is 18.6 Å². The van der Waals surface area contributed by atoms with Crippen molar-refractivity contribution in [2.24, 2.45) is 5.92 Å². The average molecular weight is 461 g/mol. The minimum Gasteiger partial charge on any atom is -0.507 e. The van der Waals surface area contributed by atoms with Gasteiger partial charge in [-0.2, -0.15) is 0 Å². The second-order valence-corrected chi connectivity index (χ2v) is 12.1. The molecule has 0 heterocycles. The van der Waals surface area contributed by atoms with Gasteiger partial charge in [-0.1, -0.05) is 56.4 Å². The normalized spacial score (nSPS) is 23.6. The van der Waals surface area contributed by atoms with Crippen LogP contribution in [0.15, 0.2) is 35.9 Å². The van der Waals surface area contributed by atoms with E-state index in [1.54, 1.807) is 0 Å². The van der Waals surface area contributed by atoms with E-state index in [4.69, 9.17) is 9.05 Å². The van der Waals surface area contributed by atoms with E-state index in [0.717, 1.165) is 80.9 Å². The maximum atomic E-state index is 13.8. The first-order valence-corrected chi connectivity index (χ1v) is 13.9. The SMILES string of the molecule is C=C(C)C1CCC(C)=CC1c1c(O)cc(CCCCC)cc1OP(=O)(OC)C1CCCC1. The van der Waals surface area contributed by atoms with E-state index in [0.29, 0.717) is 5.75 Å². The maximum absolute atomic E-state index is 13.8. The van der Waals surface area contributed by atoms with Gasteiger partial charge < -0.3 is 14.2 Å². The van der Waals surface area contributed by atoms with Crippen molar-refractivity contribution in [2.75, 3.05) is 7.11 Å². The summed E-state index contributed by atoms with van der Waals surface area (Å²) in [5.41, 5.74) is 4.07. The van der Waals surface area contributed by atoms with E-state index < -0.39 is 7.60 Å². The molecule has 3 rings (SSSR count). The molecule has 178 valence electrons. The molecule has 0 saturated heterocycles. The molecule has 0 spiro atoms. The molecule has 1 N–H and O–H groups in total. The number of aryl methyl sites for hydroxylation is 1. The quantitative estimate of drug-likeness (QED) is 0.217. The van der Waals surface area contributed by atoms with Crippen molar-refractivity contribution in [2.45, 2.75) is 96.6 Å². The van der Waals surface area contributed by atoms with Gasteiger partial charge in [-0.3, -0.25) is 0 Å². The molecule has 0 radical (unpaired) electrons. The van der Waals surface area contributed by atoms with E-state index in [9.17, 15) is 9.67 Å². The van der Waals surface area contributed by atoms with Gasteiger partial charge in [0.1, 0.15) is 11.5 Å². The third-order valence-corrected chi connectivity index (χ3v) is 9.59. The van der Waals surface area contributed by atoms with E-state index in [-0.39, 0.29) is 23.2 Å². The lowest BCUT2D eigenvalue weighted by Gasteiger charge is -2.33.